The van der Waals surface area contributed by atoms with Crippen molar-refractivity contribution in [3.05, 3.63) is 30.1 Å². The molecular weight excluding hydrogens is 326 g/mol. The molecule has 4 heterocycles. The molecule has 0 saturated carbocycles. The van der Waals surface area contributed by atoms with Gasteiger partial charge in [0.2, 0.25) is 0 Å². The quantitative estimate of drug-likeness (QED) is 0.834. The molecule has 2 atom stereocenters. The number of pyridine rings is 1. The number of fused-ring (bicyclic) bond motifs is 1. The van der Waals surface area contributed by atoms with E-state index in [-0.39, 0.29) is 5.91 Å². The Kier molecular flexibility index (Phi) is 5.85. The normalized spacial score (nSPS) is 28.4. The molecule has 5 nitrogen and oxygen atoms in total. The fourth-order valence-corrected chi connectivity index (χ4v) is 5.02. The lowest BCUT2D eigenvalue weighted by molar-refractivity contribution is 0.0145. The minimum absolute atomic E-state index is 0.119. The first kappa shape index (κ1) is 17.9. The number of hydrogen-bond donors (Lipinski definition) is 0. The maximum absolute atomic E-state index is 13.1. The highest BCUT2D eigenvalue weighted by Crippen LogP contribution is 2.31. The van der Waals surface area contributed by atoms with Gasteiger partial charge in [-0.2, -0.15) is 0 Å². The monoisotopic (exact) mass is 357 g/mol. The summed E-state index contributed by atoms with van der Waals surface area (Å²) in [6, 6.07) is 6.49. The molecule has 1 aromatic rings. The van der Waals surface area contributed by atoms with Crippen LogP contribution in [0.25, 0.3) is 0 Å². The van der Waals surface area contributed by atoms with Gasteiger partial charge in [-0.3, -0.25) is 14.7 Å². The lowest BCUT2D eigenvalue weighted by atomic mass is 9.90. The Hall–Kier alpha value is -1.46. The number of likely N-dealkylation sites (tertiary alicyclic amines) is 2. The fourth-order valence-electron chi connectivity index (χ4n) is 5.02. The number of aromatic nitrogens is 1. The van der Waals surface area contributed by atoms with Crippen molar-refractivity contribution in [1.82, 2.24) is 14.8 Å². The Morgan fingerprint density at radius 2 is 1.88 bits per heavy atom. The average Bonchev–Trinajstić information content (AvgIpc) is 2.91. The maximum Gasteiger partial charge on any atom is 0.272 e. The van der Waals surface area contributed by atoms with Crippen LogP contribution in [-0.2, 0) is 4.74 Å². The predicted molar refractivity (Wildman–Crippen MR) is 101 cm³/mol. The summed E-state index contributed by atoms with van der Waals surface area (Å²) in [7, 11) is 0. The van der Waals surface area contributed by atoms with Gasteiger partial charge in [-0.1, -0.05) is 12.5 Å². The zero-order chi connectivity index (χ0) is 17.8. The van der Waals surface area contributed by atoms with Gasteiger partial charge >= 0.3 is 0 Å². The van der Waals surface area contributed by atoms with Crippen LogP contribution in [-0.4, -0.2) is 65.6 Å². The topological polar surface area (TPSA) is 45.7 Å². The Morgan fingerprint density at radius 1 is 1.04 bits per heavy atom. The lowest BCUT2D eigenvalue weighted by Gasteiger charge is -2.45. The minimum Gasteiger partial charge on any atom is -0.381 e. The number of amides is 1. The Morgan fingerprint density at radius 3 is 2.69 bits per heavy atom. The van der Waals surface area contributed by atoms with Crippen molar-refractivity contribution in [2.45, 2.75) is 57.0 Å². The standard InChI is InChI=1S/C21H31N3O2/c25-21(18-6-1-3-11-22-18)24-13-5-8-19-20(24)7-2-4-12-23(19)16-17-9-14-26-15-10-17/h1,3,6,11,17,19-20H,2,4-5,7-10,12-16H2/t19-,20-/m1/s1. The number of ether oxygens (including phenoxy) is 1. The first-order valence-corrected chi connectivity index (χ1v) is 10.4. The highest BCUT2D eigenvalue weighted by molar-refractivity contribution is 5.92. The van der Waals surface area contributed by atoms with E-state index in [4.69, 9.17) is 4.74 Å². The zero-order valence-corrected chi connectivity index (χ0v) is 15.7. The largest absolute Gasteiger partial charge is 0.381 e. The second-order valence-electron chi connectivity index (χ2n) is 8.04. The Labute approximate surface area is 156 Å². The summed E-state index contributed by atoms with van der Waals surface area (Å²) in [5.74, 6) is 0.873. The summed E-state index contributed by atoms with van der Waals surface area (Å²) in [5.41, 5.74) is 0.591. The van der Waals surface area contributed by atoms with Gasteiger partial charge in [0.1, 0.15) is 5.69 Å². The van der Waals surface area contributed by atoms with Crippen molar-refractivity contribution in [2.24, 2.45) is 5.92 Å². The van der Waals surface area contributed by atoms with E-state index in [0.717, 1.165) is 38.5 Å². The third-order valence-electron chi connectivity index (χ3n) is 6.39. The molecule has 0 bridgehead atoms. The van der Waals surface area contributed by atoms with Crippen LogP contribution in [0.15, 0.2) is 24.4 Å². The number of piperidine rings is 1. The van der Waals surface area contributed by atoms with Crippen molar-refractivity contribution in [2.75, 3.05) is 32.8 Å². The van der Waals surface area contributed by atoms with Gasteiger partial charge in [0.25, 0.3) is 5.91 Å². The summed E-state index contributed by atoms with van der Waals surface area (Å²) >= 11 is 0. The molecule has 3 fully saturated rings. The van der Waals surface area contributed by atoms with E-state index in [1.807, 2.05) is 18.2 Å². The second-order valence-corrected chi connectivity index (χ2v) is 8.04. The fraction of sp³-hybridized carbons (Fsp3) is 0.714. The van der Waals surface area contributed by atoms with Gasteiger partial charge in [0.05, 0.1) is 0 Å². The van der Waals surface area contributed by atoms with Crippen LogP contribution < -0.4 is 0 Å². The van der Waals surface area contributed by atoms with E-state index >= 15 is 0 Å². The lowest BCUT2D eigenvalue weighted by Crippen LogP contribution is -2.57. The number of carbonyl (C=O) groups excluding carboxylic acids is 1. The van der Waals surface area contributed by atoms with Crippen molar-refractivity contribution in [3.8, 4) is 0 Å². The summed E-state index contributed by atoms with van der Waals surface area (Å²) in [6.07, 6.45) is 10.0. The third kappa shape index (κ3) is 3.94. The summed E-state index contributed by atoms with van der Waals surface area (Å²) in [5, 5.41) is 0. The first-order chi connectivity index (χ1) is 12.8. The number of hydrogen-bond acceptors (Lipinski definition) is 4. The van der Waals surface area contributed by atoms with Crippen molar-refractivity contribution in [3.63, 3.8) is 0 Å². The maximum atomic E-state index is 13.1. The molecular formula is C21H31N3O2. The molecule has 0 aromatic carbocycles. The van der Waals surface area contributed by atoms with Gasteiger partial charge in [-0.25, -0.2) is 0 Å². The number of carbonyl (C=O) groups is 1. The molecule has 142 valence electrons. The van der Waals surface area contributed by atoms with Gasteiger partial charge < -0.3 is 9.64 Å². The molecule has 3 aliphatic rings. The van der Waals surface area contributed by atoms with E-state index < -0.39 is 0 Å². The minimum atomic E-state index is 0.119. The molecule has 3 aliphatic heterocycles. The summed E-state index contributed by atoms with van der Waals surface area (Å²) in [4.78, 5) is 22.3. The van der Waals surface area contributed by atoms with Crippen molar-refractivity contribution < 1.29 is 9.53 Å². The predicted octanol–water partition coefficient (Wildman–Crippen LogP) is 2.97. The van der Waals surface area contributed by atoms with Crippen LogP contribution in [0.5, 0.6) is 0 Å². The summed E-state index contributed by atoms with van der Waals surface area (Å²) in [6.45, 7) is 5.07. The van der Waals surface area contributed by atoms with E-state index in [1.54, 1.807) is 6.20 Å². The zero-order valence-electron chi connectivity index (χ0n) is 15.7. The van der Waals surface area contributed by atoms with E-state index in [0.29, 0.717) is 17.8 Å². The highest BCUT2D eigenvalue weighted by Gasteiger charge is 2.39. The van der Waals surface area contributed by atoms with E-state index in [9.17, 15) is 4.79 Å². The van der Waals surface area contributed by atoms with Gasteiger partial charge in [0.15, 0.2) is 0 Å². The average molecular weight is 357 g/mol. The Balaban J connectivity index is 1.49. The molecule has 0 spiro atoms. The molecule has 0 unspecified atom stereocenters. The smallest absolute Gasteiger partial charge is 0.272 e. The van der Waals surface area contributed by atoms with Gasteiger partial charge in [0, 0.05) is 44.6 Å². The SMILES string of the molecule is O=C(c1ccccn1)N1CCC[C@@H]2[C@H]1CCCCN2CC1CCOCC1. The van der Waals surface area contributed by atoms with Crippen molar-refractivity contribution in [1.29, 1.82) is 0 Å². The second kappa shape index (κ2) is 8.49. The number of rotatable bonds is 3. The highest BCUT2D eigenvalue weighted by atomic mass is 16.5. The molecule has 0 radical (unpaired) electrons. The van der Waals surface area contributed by atoms with Crippen LogP contribution >= 0.6 is 0 Å². The molecule has 1 aromatic heterocycles. The molecule has 1 amide bonds. The number of nitrogens with zero attached hydrogens (tertiary/aromatic N) is 3. The molecule has 0 N–H and O–H groups in total. The van der Waals surface area contributed by atoms with E-state index in [1.165, 1.54) is 45.2 Å². The van der Waals surface area contributed by atoms with Gasteiger partial charge in [-0.05, 0) is 63.1 Å². The van der Waals surface area contributed by atoms with Crippen LogP contribution in [0.3, 0.4) is 0 Å². The van der Waals surface area contributed by atoms with E-state index in [2.05, 4.69) is 14.8 Å². The molecule has 4 rings (SSSR count). The van der Waals surface area contributed by atoms with Crippen LogP contribution in [0.2, 0.25) is 0 Å². The van der Waals surface area contributed by atoms with Crippen LogP contribution in [0, 0.1) is 5.92 Å². The third-order valence-corrected chi connectivity index (χ3v) is 6.39. The molecule has 0 aliphatic carbocycles. The van der Waals surface area contributed by atoms with Gasteiger partial charge in [-0.15, -0.1) is 0 Å². The Bertz CT molecular complexity index is 588. The van der Waals surface area contributed by atoms with Crippen LogP contribution in [0.4, 0.5) is 0 Å². The van der Waals surface area contributed by atoms with Crippen LogP contribution in [0.1, 0.15) is 55.4 Å². The molecule has 5 heteroatoms. The molecule has 3 saturated heterocycles. The first-order valence-electron chi connectivity index (χ1n) is 10.4. The summed E-state index contributed by atoms with van der Waals surface area (Å²) < 4.78 is 5.54. The van der Waals surface area contributed by atoms with Crippen molar-refractivity contribution >= 4 is 5.91 Å². The molecule has 26 heavy (non-hydrogen) atoms.